The summed E-state index contributed by atoms with van der Waals surface area (Å²) in [5, 5.41) is 2.73. The molecule has 3 heteroatoms. The van der Waals surface area contributed by atoms with Crippen LogP contribution in [0.2, 0.25) is 0 Å². The molecule has 0 aliphatic heterocycles. The fraction of sp³-hybridized carbons (Fsp3) is 0.467. The van der Waals surface area contributed by atoms with Crippen LogP contribution in [-0.2, 0) is 14.4 Å². The van der Waals surface area contributed by atoms with E-state index in [-0.39, 0.29) is 5.92 Å². The molecule has 0 saturated heterocycles. The van der Waals surface area contributed by atoms with E-state index in [9.17, 15) is 8.76 Å². The number of unbranched alkanes of at least 4 members (excludes halogenated alkanes) is 1. The van der Waals surface area contributed by atoms with E-state index in [1.807, 2.05) is 19.9 Å². The minimum Gasteiger partial charge on any atom is -0.224 e. The Balaban J connectivity index is 3.28. The van der Waals surface area contributed by atoms with E-state index >= 15 is 0 Å². The van der Waals surface area contributed by atoms with Crippen molar-refractivity contribution in [3.63, 3.8) is 0 Å². The first-order valence-electron chi connectivity index (χ1n) is 6.41. The molecule has 0 N–H and O–H groups in total. The van der Waals surface area contributed by atoms with Crippen LogP contribution < -0.4 is 0 Å². The van der Waals surface area contributed by atoms with E-state index in [2.05, 4.69) is 11.9 Å². The number of rotatable bonds is 5. The maximum Gasteiger partial charge on any atom is 0.183 e. The highest BCUT2D eigenvalue weighted by atomic mass is 32.2. The first-order valence-corrected chi connectivity index (χ1v) is 7.89. The lowest BCUT2D eigenvalue weighted by molar-refractivity contribution is 0.469. The first-order chi connectivity index (χ1) is 8.47. The Kier molecular flexibility index (Phi) is 5.67. The molecule has 0 aromatic heterocycles. The van der Waals surface area contributed by atoms with E-state index in [1.54, 1.807) is 24.3 Å². The predicted molar refractivity (Wildman–Crippen MR) is 76.4 cm³/mol. The standard InChI is InChI=1S/C15H21O2S/c1-4-5-9-14(13(2)3)12-18(16,17)15-10-7-6-8-11-15/h6-8,10-11,13H,4-5,9H2,1-3H3. The molecule has 2 nitrogen and oxygen atoms in total. The van der Waals surface area contributed by atoms with Gasteiger partial charge in [-0.15, -0.1) is 4.55 Å². The van der Waals surface area contributed by atoms with Crippen LogP contribution in [-0.4, -0.2) is 9.23 Å². The minimum atomic E-state index is -3.42. The molecule has 0 aliphatic rings. The Labute approximate surface area is 111 Å². The molecule has 1 rings (SSSR count). The summed E-state index contributed by atoms with van der Waals surface area (Å²) in [7, 11) is -3.42. The van der Waals surface area contributed by atoms with Crippen molar-refractivity contribution in [1.29, 1.82) is 0 Å². The Morgan fingerprint density at radius 3 is 2.39 bits per heavy atom. The monoisotopic (exact) mass is 265 g/mol. The van der Waals surface area contributed by atoms with Crippen molar-refractivity contribution in [1.82, 2.24) is 0 Å². The summed E-state index contributed by atoms with van der Waals surface area (Å²) in [6.45, 7) is 6.13. The summed E-state index contributed by atoms with van der Waals surface area (Å²) in [6.07, 6.45) is 2.87. The Bertz CT molecular complexity index is 517. The van der Waals surface area contributed by atoms with Crippen molar-refractivity contribution in [2.45, 2.75) is 44.9 Å². The molecule has 0 amide bonds. The highest BCUT2D eigenvalue weighted by Gasteiger charge is 2.09. The van der Waals surface area contributed by atoms with Crippen LogP contribution >= 0.6 is 0 Å². The maximum atomic E-state index is 12.2. The second-order valence-electron chi connectivity index (χ2n) is 4.70. The van der Waals surface area contributed by atoms with E-state index < -0.39 is 9.80 Å². The molecular formula is C15H21O2S. The third-order valence-electron chi connectivity index (χ3n) is 2.82. The largest absolute Gasteiger partial charge is 0.224 e. The molecular weight excluding hydrogens is 244 g/mol. The Hall–Kier alpha value is -1.02. The summed E-state index contributed by atoms with van der Waals surface area (Å²) < 4.78 is 24.4. The highest BCUT2D eigenvalue weighted by Crippen LogP contribution is 2.16. The van der Waals surface area contributed by atoms with Gasteiger partial charge in [-0.25, -0.2) is 4.21 Å². The molecule has 0 fully saturated rings. The van der Waals surface area contributed by atoms with Crippen LogP contribution in [0.5, 0.6) is 0 Å². The van der Waals surface area contributed by atoms with Crippen molar-refractivity contribution in [2.75, 3.05) is 0 Å². The third kappa shape index (κ3) is 4.34. The van der Waals surface area contributed by atoms with Crippen LogP contribution in [0.3, 0.4) is 0 Å². The average molecular weight is 265 g/mol. The van der Waals surface area contributed by atoms with Crippen LogP contribution in [0.1, 0.15) is 40.0 Å². The number of hydrogen-bond acceptors (Lipinski definition) is 1. The second-order valence-corrected chi connectivity index (χ2v) is 6.38. The summed E-state index contributed by atoms with van der Waals surface area (Å²) in [4.78, 5) is 0.319. The van der Waals surface area contributed by atoms with Gasteiger partial charge in [0.15, 0.2) is 9.80 Å². The number of hydrogen-bond donors (Lipinski definition) is 0. The van der Waals surface area contributed by atoms with Crippen molar-refractivity contribution >= 4 is 14.8 Å². The topological polar surface area (TPSA) is 37.0 Å². The van der Waals surface area contributed by atoms with Crippen molar-refractivity contribution < 1.29 is 8.76 Å². The van der Waals surface area contributed by atoms with Gasteiger partial charge in [0.2, 0.25) is 0 Å². The van der Waals surface area contributed by atoms with Gasteiger partial charge in [0.05, 0.1) is 4.90 Å². The molecule has 0 heterocycles. The Morgan fingerprint density at radius 2 is 1.89 bits per heavy atom. The quantitative estimate of drug-likeness (QED) is 0.745. The van der Waals surface area contributed by atoms with Gasteiger partial charge >= 0.3 is 0 Å². The lowest BCUT2D eigenvalue weighted by Crippen LogP contribution is -2.03. The maximum absolute atomic E-state index is 12.2. The van der Waals surface area contributed by atoms with Crippen molar-refractivity contribution in [3.05, 3.63) is 35.9 Å². The van der Waals surface area contributed by atoms with Crippen LogP contribution in [0, 0.1) is 5.92 Å². The normalized spacial score (nSPS) is 14.1. The molecule has 0 saturated carbocycles. The average Bonchev–Trinajstić information content (AvgIpc) is 2.35. The van der Waals surface area contributed by atoms with Gasteiger partial charge in [-0.2, -0.15) is 0 Å². The zero-order valence-corrected chi connectivity index (χ0v) is 12.1. The van der Waals surface area contributed by atoms with Crippen molar-refractivity contribution in [3.8, 4) is 0 Å². The summed E-state index contributed by atoms with van der Waals surface area (Å²) in [5.41, 5.74) is 0.890. The zero-order valence-electron chi connectivity index (χ0n) is 11.3. The van der Waals surface area contributed by atoms with Gasteiger partial charge in [-0.3, -0.25) is 0 Å². The van der Waals surface area contributed by atoms with Crippen LogP contribution in [0.25, 0.3) is 0 Å². The molecule has 1 atom stereocenters. The lowest BCUT2D eigenvalue weighted by Gasteiger charge is -2.08. The molecule has 1 aromatic rings. The smallest absolute Gasteiger partial charge is 0.183 e. The predicted octanol–water partition coefficient (Wildman–Crippen LogP) is 3.85. The number of allylic oxidation sites excluding steroid dienone is 1. The third-order valence-corrected chi connectivity index (χ3v) is 4.24. The van der Waals surface area contributed by atoms with E-state index in [0.717, 1.165) is 24.8 Å². The fourth-order valence-corrected chi connectivity index (χ4v) is 2.97. The molecule has 18 heavy (non-hydrogen) atoms. The molecule has 0 aliphatic carbocycles. The van der Waals surface area contributed by atoms with Crippen LogP contribution in [0.4, 0.5) is 0 Å². The first kappa shape index (κ1) is 15.0. The molecule has 1 aromatic carbocycles. The van der Waals surface area contributed by atoms with Gasteiger partial charge in [0, 0.05) is 0 Å². The molecule has 1 radical (unpaired) electrons. The summed E-state index contributed by atoms with van der Waals surface area (Å²) >= 11 is 0. The molecule has 1 unspecified atom stereocenters. The van der Waals surface area contributed by atoms with Gasteiger partial charge < -0.3 is 0 Å². The van der Waals surface area contributed by atoms with E-state index in [0.29, 0.717) is 4.90 Å². The van der Waals surface area contributed by atoms with Crippen LogP contribution in [0.15, 0.2) is 40.8 Å². The zero-order chi connectivity index (χ0) is 13.6. The Morgan fingerprint density at radius 1 is 1.28 bits per heavy atom. The van der Waals surface area contributed by atoms with E-state index in [4.69, 9.17) is 0 Å². The van der Waals surface area contributed by atoms with Gasteiger partial charge in [-0.05, 0) is 41.5 Å². The molecule has 99 valence electrons. The van der Waals surface area contributed by atoms with Gasteiger partial charge in [0.25, 0.3) is 0 Å². The molecule has 0 spiro atoms. The highest BCUT2D eigenvalue weighted by molar-refractivity contribution is 7.95. The van der Waals surface area contributed by atoms with E-state index in [1.165, 1.54) is 0 Å². The summed E-state index contributed by atoms with van der Waals surface area (Å²) in [5.74, 6) is 0.218. The van der Waals surface area contributed by atoms with Crippen molar-refractivity contribution in [2.24, 2.45) is 5.92 Å². The minimum absolute atomic E-state index is 0.218. The fourth-order valence-electron chi connectivity index (χ4n) is 1.66. The second kappa shape index (κ2) is 6.79. The SMILES string of the molecule is CCCCC(=C=S([O])(=O)c1ccccc1)C(C)C. The molecule has 0 bridgehead atoms. The van der Waals surface area contributed by atoms with Gasteiger partial charge in [-0.1, -0.05) is 45.4 Å². The summed E-state index contributed by atoms with van der Waals surface area (Å²) in [6, 6.07) is 8.49. The number of benzene rings is 1. The van der Waals surface area contributed by atoms with Gasteiger partial charge in [0.1, 0.15) is 0 Å². The lowest BCUT2D eigenvalue weighted by atomic mass is 10.00.